The first-order chi connectivity index (χ1) is 13.9. The molecule has 0 spiro atoms. The van der Waals surface area contributed by atoms with Crippen molar-refractivity contribution in [3.8, 4) is 6.07 Å². The molecule has 2 aromatic carbocycles. The summed E-state index contributed by atoms with van der Waals surface area (Å²) in [6, 6.07) is 15.1. The molecule has 0 bridgehead atoms. The van der Waals surface area contributed by atoms with Crippen molar-refractivity contribution in [1.29, 1.82) is 5.26 Å². The number of thioether (sulfide) groups is 1. The highest BCUT2D eigenvalue weighted by atomic mass is 32.2. The number of nitriles is 1. The molecule has 0 N–H and O–H groups in total. The molecule has 5 nitrogen and oxygen atoms in total. The Kier molecular flexibility index (Phi) is 6.35. The molecule has 0 aromatic heterocycles. The molecule has 29 heavy (non-hydrogen) atoms. The maximum atomic E-state index is 13.4. The zero-order valence-corrected chi connectivity index (χ0v) is 16.8. The number of rotatable bonds is 5. The lowest BCUT2D eigenvalue weighted by molar-refractivity contribution is -0.138. The van der Waals surface area contributed by atoms with Crippen LogP contribution in [0.25, 0.3) is 0 Å². The van der Waals surface area contributed by atoms with E-state index in [4.69, 9.17) is 4.74 Å². The monoisotopic (exact) mass is 410 g/mol. The quantitative estimate of drug-likeness (QED) is 0.421. The Labute approximate surface area is 172 Å². The van der Waals surface area contributed by atoms with Crippen LogP contribution in [0.15, 0.2) is 59.1 Å². The zero-order chi connectivity index (χ0) is 21.0. The summed E-state index contributed by atoms with van der Waals surface area (Å²) >= 11 is 1.15. The minimum atomic E-state index is -0.784. The van der Waals surface area contributed by atoms with E-state index in [0.717, 1.165) is 22.9 Å². The number of nitrogens with zero attached hydrogens (tertiary/aromatic N) is 2. The maximum Gasteiger partial charge on any atom is 0.351 e. The largest absolute Gasteiger partial charge is 0.462 e. The third-order valence-electron chi connectivity index (χ3n) is 4.38. The van der Waals surface area contributed by atoms with Crippen molar-refractivity contribution in [2.75, 3.05) is 11.5 Å². The van der Waals surface area contributed by atoms with Crippen LogP contribution < -0.4 is 4.90 Å². The zero-order valence-electron chi connectivity index (χ0n) is 16.0. The number of esters is 1. The van der Waals surface area contributed by atoms with Crippen LogP contribution in [0.3, 0.4) is 0 Å². The lowest BCUT2D eigenvalue weighted by atomic mass is 10.1. The van der Waals surface area contributed by atoms with Crippen molar-refractivity contribution >= 4 is 29.3 Å². The molecule has 1 amide bonds. The van der Waals surface area contributed by atoms with Crippen LogP contribution in [0.4, 0.5) is 10.1 Å². The number of anilines is 1. The first kappa shape index (κ1) is 20.6. The van der Waals surface area contributed by atoms with Gasteiger partial charge in [0, 0.05) is 5.69 Å². The SMILES string of the molecule is CCOC(=O)/C(C#N)=C1\S[C@H](Cc2ccc(C)cc2)C(=O)N1c1ccc(F)cc1. The fourth-order valence-corrected chi connectivity index (χ4v) is 4.24. The van der Waals surface area contributed by atoms with Crippen LogP contribution in [-0.4, -0.2) is 23.7 Å². The van der Waals surface area contributed by atoms with Crippen LogP contribution in [0.5, 0.6) is 0 Å². The van der Waals surface area contributed by atoms with Crippen molar-refractivity contribution < 1.29 is 18.7 Å². The fourth-order valence-electron chi connectivity index (χ4n) is 2.94. The maximum absolute atomic E-state index is 13.4. The molecular formula is C22H19FN2O3S. The lowest BCUT2D eigenvalue weighted by Gasteiger charge is -2.18. The van der Waals surface area contributed by atoms with E-state index in [2.05, 4.69) is 0 Å². The van der Waals surface area contributed by atoms with Gasteiger partial charge in [0.15, 0.2) is 5.57 Å². The highest BCUT2D eigenvalue weighted by Crippen LogP contribution is 2.42. The average Bonchev–Trinajstić information content (AvgIpc) is 3.01. The molecule has 1 saturated heterocycles. The van der Waals surface area contributed by atoms with Crippen molar-refractivity contribution in [1.82, 2.24) is 0 Å². The van der Waals surface area contributed by atoms with E-state index in [-0.39, 0.29) is 23.1 Å². The highest BCUT2D eigenvalue weighted by Gasteiger charge is 2.41. The van der Waals surface area contributed by atoms with Gasteiger partial charge in [0.05, 0.1) is 11.9 Å². The van der Waals surface area contributed by atoms with E-state index in [1.54, 1.807) is 6.92 Å². The van der Waals surface area contributed by atoms with Gasteiger partial charge in [-0.1, -0.05) is 41.6 Å². The Balaban J connectivity index is 2.02. The first-order valence-electron chi connectivity index (χ1n) is 9.07. The van der Waals surface area contributed by atoms with E-state index in [1.807, 2.05) is 37.3 Å². The van der Waals surface area contributed by atoms with E-state index in [0.29, 0.717) is 12.1 Å². The predicted molar refractivity (Wildman–Crippen MR) is 109 cm³/mol. The number of carbonyl (C=O) groups is 2. The minimum absolute atomic E-state index is 0.110. The van der Waals surface area contributed by atoms with Crippen LogP contribution in [0, 0.1) is 24.1 Å². The number of benzene rings is 2. The molecule has 1 aliphatic rings. The second-order valence-corrected chi connectivity index (χ2v) is 7.65. The molecule has 7 heteroatoms. The normalized spacial score (nSPS) is 17.8. The van der Waals surface area contributed by atoms with E-state index >= 15 is 0 Å². The van der Waals surface area contributed by atoms with Gasteiger partial charge in [0.1, 0.15) is 16.9 Å². The van der Waals surface area contributed by atoms with Crippen molar-refractivity contribution in [2.24, 2.45) is 0 Å². The molecule has 148 valence electrons. The topological polar surface area (TPSA) is 70.4 Å². The summed E-state index contributed by atoms with van der Waals surface area (Å²) in [7, 11) is 0. The van der Waals surface area contributed by atoms with Gasteiger partial charge < -0.3 is 4.74 Å². The Morgan fingerprint density at radius 3 is 2.45 bits per heavy atom. The standard InChI is InChI=1S/C22H19FN2O3S/c1-3-28-22(27)18(13-24)21-25(17-10-8-16(23)9-11-17)20(26)19(29-21)12-15-6-4-14(2)5-7-15/h4-11,19H,3,12H2,1-2H3/b21-18-/t19-/m1/s1. The number of amides is 1. The van der Waals surface area contributed by atoms with Gasteiger partial charge >= 0.3 is 5.97 Å². The van der Waals surface area contributed by atoms with Gasteiger partial charge in [0.25, 0.3) is 0 Å². The molecule has 1 atom stereocenters. The number of aryl methyl sites for hydroxylation is 1. The Morgan fingerprint density at radius 2 is 1.86 bits per heavy atom. The number of hydrogen-bond donors (Lipinski definition) is 0. The first-order valence-corrected chi connectivity index (χ1v) is 9.95. The van der Waals surface area contributed by atoms with Gasteiger partial charge in [-0.15, -0.1) is 0 Å². The Hall–Kier alpha value is -3.11. The average molecular weight is 410 g/mol. The third-order valence-corrected chi connectivity index (χ3v) is 5.65. The van der Waals surface area contributed by atoms with Crippen LogP contribution in [0.2, 0.25) is 0 Å². The highest BCUT2D eigenvalue weighted by molar-refractivity contribution is 8.05. The van der Waals surface area contributed by atoms with Crippen LogP contribution in [-0.2, 0) is 20.7 Å². The molecule has 0 saturated carbocycles. The van der Waals surface area contributed by atoms with Gasteiger partial charge in [-0.3, -0.25) is 9.69 Å². The number of ether oxygens (including phenoxy) is 1. The summed E-state index contributed by atoms with van der Waals surface area (Å²) in [5.41, 5.74) is 2.24. The number of halogens is 1. The summed E-state index contributed by atoms with van der Waals surface area (Å²) in [5.74, 6) is -1.50. The molecule has 1 aliphatic heterocycles. The second-order valence-electron chi connectivity index (χ2n) is 6.46. The molecule has 0 radical (unpaired) electrons. The summed E-state index contributed by atoms with van der Waals surface area (Å²) in [5, 5.41) is 9.26. The van der Waals surface area contributed by atoms with Gasteiger partial charge in [-0.05, 0) is 50.1 Å². The summed E-state index contributed by atoms with van der Waals surface area (Å²) < 4.78 is 18.4. The molecule has 1 fully saturated rings. The molecular weight excluding hydrogens is 391 g/mol. The number of hydrogen-bond acceptors (Lipinski definition) is 5. The van der Waals surface area contributed by atoms with Gasteiger partial charge in [-0.2, -0.15) is 5.26 Å². The predicted octanol–water partition coefficient (Wildman–Crippen LogP) is 4.12. The van der Waals surface area contributed by atoms with Crippen molar-refractivity contribution in [3.05, 3.63) is 76.1 Å². The van der Waals surface area contributed by atoms with E-state index in [9.17, 15) is 19.2 Å². The van der Waals surface area contributed by atoms with Crippen LogP contribution >= 0.6 is 11.8 Å². The Morgan fingerprint density at radius 1 is 1.21 bits per heavy atom. The molecule has 1 heterocycles. The lowest BCUT2D eigenvalue weighted by Crippen LogP contribution is -2.30. The third kappa shape index (κ3) is 4.49. The van der Waals surface area contributed by atoms with Crippen molar-refractivity contribution in [2.45, 2.75) is 25.5 Å². The van der Waals surface area contributed by atoms with Crippen LogP contribution in [0.1, 0.15) is 18.1 Å². The van der Waals surface area contributed by atoms with Gasteiger partial charge in [0.2, 0.25) is 5.91 Å². The summed E-state index contributed by atoms with van der Waals surface area (Å²) in [4.78, 5) is 26.8. The fraction of sp³-hybridized carbons (Fsp3) is 0.227. The van der Waals surface area contributed by atoms with E-state index < -0.39 is 17.0 Å². The molecule has 2 aromatic rings. The summed E-state index contributed by atoms with van der Waals surface area (Å²) in [6.07, 6.45) is 0.437. The molecule has 0 aliphatic carbocycles. The van der Waals surface area contributed by atoms with E-state index in [1.165, 1.54) is 29.2 Å². The molecule has 0 unspecified atom stereocenters. The van der Waals surface area contributed by atoms with Gasteiger partial charge in [-0.25, -0.2) is 9.18 Å². The van der Waals surface area contributed by atoms with Crippen molar-refractivity contribution in [3.63, 3.8) is 0 Å². The smallest absolute Gasteiger partial charge is 0.351 e. The number of carbonyl (C=O) groups excluding carboxylic acids is 2. The summed E-state index contributed by atoms with van der Waals surface area (Å²) in [6.45, 7) is 3.73. The minimum Gasteiger partial charge on any atom is -0.462 e. The Bertz CT molecular complexity index is 994. The molecule has 3 rings (SSSR count). The second kappa shape index (κ2) is 8.93.